The molecule has 2 rings (SSSR count). The highest BCUT2D eigenvalue weighted by atomic mass is 16.6. The van der Waals surface area contributed by atoms with Crippen LogP contribution in [-0.2, 0) is 10.8 Å². The third-order valence-electron chi connectivity index (χ3n) is 5.43. The maximum absolute atomic E-state index is 11.6. The largest absolute Gasteiger partial charge is 0.505 e. The highest BCUT2D eigenvalue weighted by Gasteiger charge is 2.23. The topological polar surface area (TPSA) is 88.1 Å². The van der Waals surface area contributed by atoms with E-state index in [0.717, 1.165) is 23.1 Å². The van der Waals surface area contributed by atoms with Crippen molar-refractivity contribution in [3.05, 3.63) is 57.1 Å². The fourth-order valence-electron chi connectivity index (χ4n) is 3.07. The summed E-state index contributed by atoms with van der Waals surface area (Å²) >= 11 is 0. The molecule has 0 heterocycles. The Morgan fingerprint density at radius 1 is 0.967 bits per heavy atom. The van der Waals surface area contributed by atoms with Crippen LogP contribution in [0.25, 0.3) is 0 Å². The van der Waals surface area contributed by atoms with Crippen LogP contribution in [0.1, 0.15) is 84.4 Å². The number of aromatic hydroxyl groups is 1. The quantitative estimate of drug-likeness (QED) is 0.309. The van der Waals surface area contributed by atoms with Crippen LogP contribution >= 0.6 is 0 Å². The molecule has 6 nitrogen and oxygen atoms in total. The number of rotatable bonds is 5. The van der Waals surface area contributed by atoms with Crippen molar-refractivity contribution >= 4 is 17.1 Å². The Hall–Kier alpha value is -2.76. The Balaban J connectivity index is 2.60. The molecule has 1 atom stereocenters. The standard InChI is InChI=1S/C24H33N3O3/c1-9-15(2)18-12-17(24(6,7)8)13-20(22(18)28)26-25-19-11-10-16(23(3,4)5)14-21(19)27(29)30/h10-15,28H,9H2,1-8H3/b26-25+. The molecule has 162 valence electrons. The van der Waals surface area contributed by atoms with Crippen molar-refractivity contribution in [2.24, 2.45) is 10.2 Å². The van der Waals surface area contributed by atoms with E-state index in [4.69, 9.17) is 0 Å². The van der Waals surface area contributed by atoms with Crippen molar-refractivity contribution < 1.29 is 10.0 Å². The summed E-state index contributed by atoms with van der Waals surface area (Å²) in [5.74, 6) is 0.233. The molecular formula is C24H33N3O3. The number of azo groups is 1. The van der Waals surface area contributed by atoms with Gasteiger partial charge in [0.2, 0.25) is 0 Å². The fourth-order valence-corrected chi connectivity index (χ4v) is 3.07. The molecule has 0 saturated heterocycles. The zero-order chi connectivity index (χ0) is 22.9. The minimum atomic E-state index is -0.445. The van der Waals surface area contributed by atoms with Crippen LogP contribution in [0.5, 0.6) is 5.75 Å². The van der Waals surface area contributed by atoms with Gasteiger partial charge in [-0.25, -0.2) is 0 Å². The smallest absolute Gasteiger partial charge is 0.297 e. The van der Waals surface area contributed by atoms with Gasteiger partial charge in [-0.15, -0.1) is 10.2 Å². The van der Waals surface area contributed by atoms with Gasteiger partial charge in [-0.1, -0.05) is 67.5 Å². The van der Waals surface area contributed by atoms with Gasteiger partial charge in [-0.3, -0.25) is 10.1 Å². The van der Waals surface area contributed by atoms with Crippen molar-refractivity contribution in [3.8, 4) is 5.75 Å². The zero-order valence-electron chi connectivity index (χ0n) is 19.3. The molecule has 30 heavy (non-hydrogen) atoms. The predicted octanol–water partition coefficient (Wildman–Crippen LogP) is 7.82. The Kier molecular flexibility index (Phi) is 6.70. The van der Waals surface area contributed by atoms with Gasteiger partial charge in [0.15, 0.2) is 5.69 Å². The summed E-state index contributed by atoms with van der Waals surface area (Å²) in [6, 6.07) is 8.81. The van der Waals surface area contributed by atoms with E-state index in [9.17, 15) is 15.2 Å². The van der Waals surface area contributed by atoms with E-state index in [1.54, 1.807) is 18.2 Å². The van der Waals surface area contributed by atoms with Gasteiger partial charge in [-0.05, 0) is 52.0 Å². The molecule has 0 spiro atoms. The van der Waals surface area contributed by atoms with E-state index in [1.807, 2.05) is 32.9 Å². The van der Waals surface area contributed by atoms with E-state index in [2.05, 4.69) is 44.8 Å². The van der Waals surface area contributed by atoms with Crippen LogP contribution in [0.2, 0.25) is 0 Å². The normalized spacial score (nSPS) is 13.6. The van der Waals surface area contributed by atoms with Gasteiger partial charge in [0.1, 0.15) is 11.4 Å². The van der Waals surface area contributed by atoms with Gasteiger partial charge < -0.3 is 5.11 Å². The molecule has 0 amide bonds. The summed E-state index contributed by atoms with van der Waals surface area (Å²) in [7, 11) is 0. The number of hydrogen-bond donors (Lipinski definition) is 1. The molecule has 0 radical (unpaired) electrons. The molecule has 0 aliphatic carbocycles. The summed E-state index contributed by atoms with van der Waals surface area (Å²) in [6.45, 7) is 16.4. The second-order valence-electron chi connectivity index (χ2n) is 9.90. The number of nitro groups is 1. The first-order valence-corrected chi connectivity index (χ1v) is 10.3. The maximum Gasteiger partial charge on any atom is 0.297 e. The highest BCUT2D eigenvalue weighted by molar-refractivity contribution is 5.62. The molecule has 0 saturated carbocycles. The molecule has 0 fully saturated rings. The lowest BCUT2D eigenvalue weighted by atomic mass is 9.83. The first-order valence-electron chi connectivity index (χ1n) is 10.3. The number of nitrogens with zero attached hydrogens (tertiary/aromatic N) is 3. The van der Waals surface area contributed by atoms with E-state index >= 15 is 0 Å². The molecule has 1 N–H and O–H groups in total. The SMILES string of the molecule is CCC(C)c1cc(C(C)(C)C)cc(/N=N/c2ccc(C(C)(C)C)cc2[N+](=O)[O-])c1O. The summed E-state index contributed by atoms with van der Waals surface area (Å²) in [6.07, 6.45) is 0.872. The summed E-state index contributed by atoms with van der Waals surface area (Å²) < 4.78 is 0. The number of nitro benzene ring substituents is 1. The van der Waals surface area contributed by atoms with Gasteiger partial charge >= 0.3 is 0 Å². The first-order chi connectivity index (χ1) is 13.8. The minimum absolute atomic E-state index is 0.0788. The molecule has 0 aromatic heterocycles. The van der Waals surface area contributed by atoms with E-state index in [-0.39, 0.29) is 33.9 Å². The second kappa shape index (κ2) is 8.54. The average molecular weight is 412 g/mol. The average Bonchev–Trinajstić information content (AvgIpc) is 2.64. The van der Waals surface area contributed by atoms with Crippen LogP contribution in [0.15, 0.2) is 40.6 Å². The van der Waals surface area contributed by atoms with Gasteiger partial charge in [0.25, 0.3) is 5.69 Å². The lowest BCUT2D eigenvalue weighted by Gasteiger charge is -2.23. The number of phenols is 1. The lowest BCUT2D eigenvalue weighted by Crippen LogP contribution is -2.12. The highest BCUT2D eigenvalue weighted by Crippen LogP contribution is 2.42. The molecule has 2 aromatic rings. The summed E-state index contributed by atoms with van der Waals surface area (Å²) in [5, 5.41) is 30.8. The third kappa shape index (κ3) is 5.23. The molecule has 0 bridgehead atoms. The molecule has 6 heteroatoms. The van der Waals surface area contributed by atoms with Crippen molar-refractivity contribution in [2.75, 3.05) is 0 Å². The van der Waals surface area contributed by atoms with Crippen LogP contribution in [0.3, 0.4) is 0 Å². The first kappa shape index (κ1) is 23.5. The van der Waals surface area contributed by atoms with Crippen molar-refractivity contribution in [3.63, 3.8) is 0 Å². The van der Waals surface area contributed by atoms with Gasteiger partial charge in [0, 0.05) is 6.07 Å². The van der Waals surface area contributed by atoms with Crippen LogP contribution in [0.4, 0.5) is 17.1 Å². The van der Waals surface area contributed by atoms with Crippen LogP contribution in [0, 0.1) is 10.1 Å². The Morgan fingerprint density at radius 3 is 2.03 bits per heavy atom. The van der Waals surface area contributed by atoms with Gasteiger partial charge in [-0.2, -0.15) is 0 Å². The second-order valence-corrected chi connectivity index (χ2v) is 9.90. The fraction of sp³-hybridized carbons (Fsp3) is 0.500. The van der Waals surface area contributed by atoms with E-state index in [1.165, 1.54) is 0 Å². The predicted molar refractivity (Wildman–Crippen MR) is 121 cm³/mol. The molecular weight excluding hydrogens is 378 g/mol. The minimum Gasteiger partial charge on any atom is -0.505 e. The Morgan fingerprint density at radius 2 is 1.53 bits per heavy atom. The van der Waals surface area contributed by atoms with Crippen molar-refractivity contribution in [1.29, 1.82) is 0 Å². The Bertz CT molecular complexity index is 967. The molecule has 1 unspecified atom stereocenters. The van der Waals surface area contributed by atoms with E-state index < -0.39 is 4.92 Å². The van der Waals surface area contributed by atoms with Gasteiger partial charge in [0.05, 0.1) is 4.92 Å². The number of phenolic OH excluding ortho intramolecular Hbond substituents is 1. The summed E-state index contributed by atoms with van der Waals surface area (Å²) in [5.41, 5.74) is 2.74. The maximum atomic E-state index is 11.6. The van der Waals surface area contributed by atoms with Crippen LogP contribution in [-0.4, -0.2) is 10.0 Å². The van der Waals surface area contributed by atoms with Crippen LogP contribution < -0.4 is 0 Å². The van der Waals surface area contributed by atoms with Crippen molar-refractivity contribution in [1.82, 2.24) is 0 Å². The van der Waals surface area contributed by atoms with E-state index in [0.29, 0.717) is 5.69 Å². The summed E-state index contributed by atoms with van der Waals surface area (Å²) in [4.78, 5) is 11.2. The zero-order valence-corrected chi connectivity index (χ0v) is 19.3. The third-order valence-corrected chi connectivity index (χ3v) is 5.43. The number of benzene rings is 2. The lowest BCUT2D eigenvalue weighted by molar-refractivity contribution is -0.384. The molecule has 2 aromatic carbocycles. The monoisotopic (exact) mass is 411 g/mol. The Labute approximate surface area is 179 Å². The molecule has 0 aliphatic rings. The molecule has 0 aliphatic heterocycles. The number of hydrogen-bond acceptors (Lipinski definition) is 5. The van der Waals surface area contributed by atoms with Crippen molar-refractivity contribution in [2.45, 2.75) is 78.6 Å².